The molecule has 2 aromatic rings. The molecule has 0 aliphatic heterocycles. The molecule has 2 rings (SSSR count). The molecule has 0 spiro atoms. The van der Waals surface area contributed by atoms with Crippen LogP contribution in [-0.4, -0.2) is 20.8 Å². The smallest absolute Gasteiger partial charge is 0.364 e. The van der Waals surface area contributed by atoms with Crippen molar-refractivity contribution in [1.82, 2.24) is 9.97 Å². The van der Waals surface area contributed by atoms with E-state index in [9.17, 15) is 28.1 Å². The Hall–Kier alpha value is -3.04. The standard InChI is InChI=1S/C13H9F3N4O3/c1-6-10(20(22)23)9(11(17)21)19-12(18-6)7-4-2-3-5-8(7)13(14,15)16/h2-5H,1H3,(H2,17,21). The van der Waals surface area contributed by atoms with E-state index in [-0.39, 0.29) is 5.69 Å². The Labute approximate surface area is 127 Å². The highest BCUT2D eigenvalue weighted by Crippen LogP contribution is 2.36. The molecule has 0 saturated heterocycles. The highest BCUT2D eigenvalue weighted by molar-refractivity contribution is 5.95. The quantitative estimate of drug-likeness (QED) is 0.688. The maximum Gasteiger partial charge on any atom is 0.417 e. The number of nitrogens with two attached hydrogens (primary N) is 1. The SMILES string of the molecule is Cc1nc(-c2ccccc2C(F)(F)F)nc(C(N)=O)c1[N+](=O)[O-]. The molecule has 23 heavy (non-hydrogen) atoms. The fourth-order valence-electron chi connectivity index (χ4n) is 2.00. The fraction of sp³-hybridized carbons (Fsp3) is 0.154. The number of aryl methyl sites for hydroxylation is 1. The zero-order valence-electron chi connectivity index (χ0n) is 11.6. The normalized spacial score (nSPS) is 11.3. The van der Waals surface area contributed by atoms with Gasteiger partial charge in [0.15, 0.2) is 5.82 Å². The molecule has 0 atom stereocenters. The summed E-state index contributed by atoms with van der Waals surface area (Å²) in [6.45, 7) is 1.19. The van der Waals surface area contributed by atoms with Crippen molar-refractivity contribution in [2.45, 2.75) is 13.1 Å². The van der Waals surface area contributed by atoms with Crippen LogP contribution >= 0.6 is 0 Å². The van der Waals surface area contributed by atoms with E-state index in [1.807, 2.05) is 0 Å². The molecular formula is C13H9F3N4O3. The Kier molecular flexibility index (Phi) is 4.00. The van der Waals surface area contributed by atoms with E-state index >= 15 is 0 Å². The molecule has 120 valence electrons. The van der Waals surface area contributed by atoms with Gasteiger partial charge in [-0.2, -0.15) is 13.2 Å². The Morgan fingerprint density at radius 3 is 2.39 bits per heavy atom. The minimum absolute atomic E-state index is 0.259. The van der Waals surface area contributed by atoms with Gasteiger partial charge < -0.3 is 5.73 Å². The number of nitrogens with zero attached hydrogens (tertiary/aromatic N) is 3. The van der Waals surface area contributed by atoms with Crippen molar-refractivity contribution in [1.29, 1.82) is 0 Å². The zero-order chi connectivity index (χ0) is 17.4. The van der Waals surface area contributed by atoms with Crippen molar-refractivity contribution >= 4 is 11.6 Å². The number of hydrogen-bond acceptors (Lipinski definition) is 5. The summed E-state index contributed by atoms with van der Waals surface area (Å²) >= 11 is 0. The molecule has 2 N–H and O–H groups in total. The number of rotatable bonds is 3. The predicted molar refractivity (Wildman–Crippen MR) is 72.4 cm³/mol. The first-order valence-corrected chi connectivity index (χ1v) is 6.12. The van der Waals surface area contributed by atoms with Crippen LogP contribution in [0.2, 0.25) is 0 Å². The van der Waals surface area contributed by atoms with Crippen molar-refractivity contribution in [3.05, 3.63) is 51.3 Å². The molecule has 0 unspecified atom stereocenters. The molecule has 0 radical (unpaired) electrons. The van der Waals surface area contributed by atoms with Crippen LogP contribution in [0.4, 0.5) is 18.9 Å². The summed E-state index contributed by atoms with van der Waals surface area (Å²) in [7, 11) is 0. The highest BCUT2D eigenvalue weighted by atomic mass is 19.4. The maximum atomic E-state index is 13.0. The summed E-state index contributed by atoms with van der Waals surface area (Å²) in [5.74, 6) is -1.69. The molecule has 0 bridgehead atoms. The molecule has 1 heterocycles. The van der Waals surface area contributed by atoms with Crippen molar-refractivity contribution in [2.75, 3.05) is 0 Å². The number of carbonyl (C=O) groups is 1. The van der Waals surface area contributed by atoms with E-state index in [1.54, 1.807) is 0 Å². The zero-order valence-corrected chi connectivity index (χ0v) is 11.6. The second-order valence-electron chi connectivity index (χ2n) is 4.49. The third-order valence-electron chi connectivity index (χ3n) is 2.95. The first-order chi connectivity index (χ1) is 10.6. The Morgan fingerprint density at radius 1 is 1.26 bits per heavy atom. The van der Waals surface area contributed by atoms with Gasteiger partial charge in [0, 0.05) is 5.56 Å². The Morgan fingerprint density at radius 2 is 1.87 bits per heavy atom. The summed E-state index contributed by atoms with van der Waals surface area (Å²) in [6.07, 6.45) is -4.68. The van der Waals surface area contributed by atoms with E-state index < -0.39 is 45.3 Å². The number of amides is 1. The van der Waals surface area contributed by atoms with Crippen LogP contribution in [0.15, 0.2) is 24.3 Å². The minimum Gasteiger partial charge on any atom is -0.364 e. The lowest BCUT2D eigenvalue weighted by molar-refractivity contribution is -0.386. The summed E-state index contributed by atoms with van der Waals surface area (Å²) in [5, 5.41) is 11.0. The van der Waals surface area contributed by atoms with Crippen LogP contribution in [0, 0.1) is 17.0 Å². The van der Waals surface area contributed by atoms with Crippen LogP contribution < -0.4 is 5.73 Å². The van der Waals surface area contributed by atoms with Gasteiger partial charge in [0.1, 0.15) is 5.69 Å². The summed E-state index contributed by atoms with van der Waals surface area (Å²) < 4.78 is 39.1. The number of primary amides is 1. The van der Waals surface area contributed by atoms with Gasteiger partial charge in [-0.3, -0.25) is 14.9 Å². The average molecular weight is 326 g/mol. The molecular weight excluding hydrogens is 317 g/mol. The van der Waals surface area contributed by atoms with Crippen LogP contribution in [0.25, 0.3) is 11.4 Å². The second-order valence-corrected chi connectivity index (χ2v) is 4.49. The van der Waals surface area contributed by atoms with Crippen molar-refractivity contribution in [3.8, 4) is 11.4 Å². The average Bonchev–Trinajstić information content (AvgIpc) is 2.44. The van der Waals surface area contributed by atoms with Crippen molar-refractivity contribution in [2.24, 2.45) is 5.73 Å². The topological polar surface area (TPSA) is 112 Å². The minimum atomic E-state index is -4.68. The lowest BCUT2D eigenvalue weighted by Crippen LogP contribution is -2.18. The fourth-order valence-corrected chi connectivity index (χ4v) is 2.00. The highest BCUT2D eigenvalue weighted by Gasteiger charge is 2.35. The monoisotopic (exact) mass is 326 g/mol. The third kappa shape index (κ3) is 3.10. The van der Waals surface area contributed by atoms with Gasteiger partial charge in [-0.1, -0.05) is 18.2 Å². The number of alkyl halides is 3. The van der Waals surface area contributed by atoms with Gasteiger partial charge in [-0.15, -0.1) is 0 Å². The molecule has 0 fully saturated rings. The molecule has 10 heteroatoms. The predicted octanol–water partition coefficient (Wildman–Crippen LogP) is 2.48. The molecule has 7 nitrogen and oxygen atoms in total. The summed E-state index contributed by atoms with van der Waals surface area (Å²) in [4.78, 5) is 28.7. The van der Waals surface area contributed by atoms with E-state index in [2.05, 4.69) is 9.97 Å². The van der Waals surface area contributed by atoms with Crippen LogP contribution in [-0.2, 0) is 6.18 Å². The lowest BCUT2D eigenvalue weighted by Gasteiger charge is -2.12. The van der Waals surface area contributed by atoms with Crippen molar-refractivity contribution < 1.29 is 22.9 Å². The summed E-state index contributed by atoms with van der Waals surface area (Å²) in [6, 6.07) is 4.43. The molecule has 0 saturated carbocycles. The number of carbonyl (C=O) groups excluding carboxylic acids is 1. The van der Waals surface area contributed by atoms with Crippen molar-refractivity contribution in [3.63, 3.8) is 0 Å². The Balaban J connectivity index is 2.77. The van der Waals surface area contributed by atoms with Gasteiger partial charge in [0.05, 0.1) is 10.5 Å². The molecule has 1 amide bonds. The van der Waals surface area contributed by atoms with Gasteiger partial charge in [-0.05, 0) is 13.0 Å². The Bertz CT molecular complexity index is 806. The van der Waals surface area contributed by atoms with Crippen LogP contribution in [0.1, 0.15) is 21.7 Å². The first-order valence-electron chi connectivity index (χ1n) is 6.12. The van der Waals surface area contributed by atoms with E-state index in [1.165, 1.54) is 19.1 Å². The van der Waals surface area contributed by atoms with Crippen LogP contribution in [0.3, 0.4) is 0 Å². The molecule has 0 aliphatic rings. The van der Waals surface area contributed by atoms with E-state index in [0.29, 0.717) is 0 Å². The number of hydrogen-bond donors (Lipinski definition) is 1. The number of aromatic nitrogens is 2. The van der Waals surface area contributed by atoms with E-state index in [0.717, 1.165) is 12.1 Å². The van der Waals surface area contributed by atoms with Gasteiger partial charge in [-0.25, -0.2) is 9.97 Å². The molecule has 1 aromatic carbocycles. The van der Waals surface area contributed by atoms with Gasteiger partial charge >= 0.3 is 11.9 Å². The summed E-state index contributed by atoms with van der Waals surface area (Å²) in [5.41, 5.74) is 1.88. The number of halogens is 3. The first kappa shape index (κ1) is 16.3. The second kappa shape index (κ2) is 5.63. The van der Waals surface area contributed by atoms with E-state index in [4.69, 9.17) is 5.73 Å². The maximum absolute atomic E-state index is 13.0. The molecule has 0 aliphatic carbocycles. The number of benzene rings is 1. The third-order valence-corrected chi connectivity index (χ3v) is 2.95. The molecule has 1 aromatic heterocycles. The van der Waals surface area contributed by atoms with Crippen LogP contribution in [0.5, 0.6) is 0 Å². The van der Waals surface area contributed by atoms with Gasteiger partial charge in [0.2, 0.25) is 5.69 Å². The number of nitro groups is 1. The largest absolute Gasteiger partial charge is 0.417 e. The lowest BCUT2D eigenvalue weighted by atomic mass is 10.1. The van der Waals surface area contributed by atoms with Gasteiger partial charge in [0.25, 0.3) is 5.91 Å².